The van der Waals surface area contributed by atoms with Gasteiger partial charge < -0.3 is 10.5 Å². The molecule has 0 unspecified atom stereocenters. The molecule has 0 amide bonds. The summed E-state index contributed by atoms with van der Waals surface area (Å²) in [7, 11) is -1.55. The quantitative estimate of drug-likeness (QED) is 0.841. The molecule has 1 aromatic carbocycles. The number of nitrogens with two attached hydrogens (primary N) is 1. The molecular formula is C11H17NO3S. The van der Waals surface area contributed by atoms with Crippen molar-refractivity contribution in [1.29, 1.82) is 0 Å². The molecule has 0 aliphatic carbocycles. The van der Waals surface area contributed by atoms with Gasteiger partial charge in [-0.25, -0.2) is 8.42 Å². The minimum absolute atomic E-state index is 0.108. The van der Waals surface area contributed by atoms with Crippen molar-refractivity contribution < 1.29 is 13.2 Å². The summed E-state index contributed by atoms with van der Waals surface area (Å²) >= 11 is 0. The van der Waals surface area contributed by atoms with Gasteiger partial charge in [-0.3, -0.25) is 0 Å². The Labute approximate surface area is 96.3 Å². The van der Waals surface area contributed by atoms with Gasteiger partial charge in [-0.2, -0.15) is 0 Å². The number of ether oxygens (including phenoxy) is 1. The third kappa shape index (κ3) is 3.04. The molecular weight excluding hydrogens is 226 g/mol. The molecule has 0 aliphatic heterocycles. The summed E-state index contributed by atoms with van der Waals surface area (Å²) in [5.41, 5.74) is 6.69. The van der Waals surface area contributed by atoms with E-state index in [9.17, 15) is 8.42 Å². The van der Waals surface area contributed by atoms with Gasteiger partial charge in [0.2, 0.25) is 0 Å². The minimum atomic E-state index is -3.13. The van der Waals surface area contributed by atoms with Gasteiger partial charge in [-0.05, 0) is 17.7 Å². The van der Waals surface area contributed by atoms with E-state index in [4.69, 9.17) is 10.5 Å². The molecule has 5 heteroatoms. The molecule has 2 N–H and O–H groups in total. The van der Waals surface area contributed by atoms with Gasteiger partial charge in [-0.1, -0.05) is 19.1 Å². The van der Waals surface area contributed by atoms with Gasteiger partial charge in [0.05, 0.1) is 23.3 Å². The van der Waals surface area contributed by atoms with E-state index in [1.165, 1.54) is 0 Å². The smallest absolute Gasteiger partial charge is 0.178 e. The molecule has 1 atom stereocenters. The van der Waals surface area contributed by atoms with Gasteiger partial charge in [0.1, 0.15) is 0 Å². The normalized spacial score (nSPS) is 13.7. The van der Waals surface area contributed by atoms with Crippen LogP contribution in [0.2, 0.25) is 0 Å². The zero-order valence-electron chi connectivity index (χ0n) is 9.51. The van der Waals surface area contributed by atoms with Crippen molar-refractivity contribution in [3.05, 3.63) is 29.8 Å². The van der Waals surface area contributed by atoms with Crippen LogP contribution in [0.15, 0.2) is 29.2 Å². The summed E-state index contributed by atoms with van der Waals surface area (Å²) in [6, 6.07) is 6.41. The lowest BCUT2D eigenvalue weighted by atomic mass is 10.1. The molecule has 0 bridgehead atoms. The van der Waals surface area contributed by atoms with Crippen molar-refractivity contribution >= 4 is 9.84 Å². The Morgan fingerprint density at radius 3 is 2.31 bits per heavy atom. The van der Waals surface area contributed by atoms with Crippen LogP contribution in [0.25, 0.3) is 0 Å². The first-order valence-corrected chi connectivity index (χ1v) is 6.73. The van der Waals surface area contributed by atoms with E-state index in [0.717, 1.165) is 5.56 Å². The van der Waals surface area contributed by atoms with Crippen LogP contribution in [0.3, 0.4) is 0 Å². The van der Waals surface area contributed by atoms with Crippen molar-refractivity contribution in [2.45, 2.75) is 17.9 Å². The first-order valence-electron chi connectivity index (χ1n) is 5.08. The van der Waals surface area contributed by atoms with Crippen molar-refractivity contribution in [3.8, 4) is 0 Å². The van der Waals surface area contributed by atoms with Crippen LogP contribution in [0, 0.1) is 0 Å². The lowest BCUT2D eigenvalue weighted by Gasteiger charge is -2.11. The molecule has 0 aliphatic rings. The van der Waals surface area contributed by atoms with Crippen LogP contribution >= 0.6 is 0 Å². The molecule has 0 saturated heterocycles. The standard InChI is InChI=1S/C11H17NO3S/c1-3-16(13,14)10-6-4-9(5-7-10)11(12)8-15-2/h4-7,11H,3,8,12H2,1-2H3/t11-/m0/s1. The third-order valence-electron chi connectivity index (χ3n) is 2.39. The van der Waals surface area contributed by atoms with E-state index in [-0.39, 0.29) is 11.8 Å². The third-order valence-corrected chi connectivity index (χ3v) is 4.14. The highest BCUT2D eigenvalue weighted by Gasteiger charge is 2.12. The molecule has 0 fully saturated rings. The highest BCUT2D eigenvalue weighted by Crippen LogP contribution is 2.16. The number of methoxy groups -OCH3 is 1. The Morgan fingerprint density at radius 2 is 1.88 bits per heavy atom. The fourth-order valence-electron chi connectivity index (χ4n) is 1.36. The van der Waals surface area contributed by atoms with E-state index in [1.54, 1.807) is 38.3 Å². The Morgan fingerprint density at radius 1 is 1.31 bits per heavy atom. The Hall–Kier alpha value is -0.910. The van der Waals surface area contributed by atoms with Gasteiger partial charge in [-0.15, -0.1) is 0 Å². The number of sulfone groups is 1. The number of benzene rings is 1. The molecule has 0 radical (unpaired) electrons. The molecule has 4 nitrogen and oxygen atoms in total. The molecule has 1 aromatic rings. The van der Waals surface area contributed by atoms with Crippen molar-refractivity contribution in [1.82, 2.24) is 0 Å². The molecule has 0 heterocycles. The van der Waals surface area contributed by atoms with Gasteiger partial charge >= 0.3 is 0 Å². The molecule has 1 rings (SSSR count). The average molecular weight is 243 g/mol. The highest BCUT2D eigenvalue weighted by atomic mass is 32.2. The second-order valence-corrected chi connectivity index (χ2v) is 5.81. The largest absolute Gasteiger partial charge is 0.383 e. The van der Waals surface area contributed by atoms with E-state index >= 15 is 0 Å². The van der Waals surface area contributed by atoms with Crippen LogP contribution < -0.4 is 5.73 Å². The predicted octanol–water partition coefficient (Wildman–Crippen LogP) is 1.13. The second-order valence-electron chi connectivity index (χ2n) is 3.53. The summed E-state index contributed by atoms with van der Waals surface area (Å²) in [5.74, 6) is 0.108. The van der Waals surface area contributed by atoms with Crippen LogP contribution in [0.5, 0.6) is 0 Å². The Kier molecular flexibility index (Phi) is 4.46. The lowest BCUT2D eigenvalue weighted by molar-refractivity contribution is 0.181. The topological polar surface area (TPSA) is 69.4 Å². The summed E-state index contributed by atoms with van der Waals surface area (Å²) in [5, 5.41) is 0. The van der Waals surface area contributed by atoms with Gasteiger partial charge in [0, 0.05) is 7.11 Å². The van der Waals surface area contributed by atoms with Crippen LogP contribution in [0.1, 0.15) is 18.5 Å². The molecule has 0 spiro atoms. The molecule has 0 saturated carbocycles. The number of hydrogen-bond acceptors (Lipinski definition) is 4. The summed E-state index contributed by atoms with van der Waals surface area (Å²) < 4.78 is 28.0. The van der Waals surface area contributed by atoms with Crippen LogP contribution in [-0.4, -0.2) is 27.9 Å². The zero-order chi connectivity index (χ0) is 12.2. The second kappa shape index (κ2) is 5.43. The fourth-order valence-corrected chi connectivity index (χ4v) is 2.25. The van der Waals surface area contributed by atoms with Crippen molar-refractivity contribution in [2.75, 3.05) is 19.5 Å². The summed E-state index contributed by atoms with van der Waals surface area (Å²) in [6.07, 6.45) is 0. The van der Waals surface area contributed by atoms with E-state index < -0.39 is 9.84 Å². The number of hydrogen-bond donors (Lipinski definition) is 1. The maximum absolute atomic E-state index is 11.6. The first-order chi connectivity index (χ1) is 7.51. The number of rotatable bonds is 5. The van der Waals surface area contributed by atoms with Gasteiger partial charge in [0.25, 0.3) is 0 Å². The monoisotopic (exact) mass is 243 g/mol. The lowest BCUT2D eigenvalue weighted by Crippen LogP contribution is -2.16. The van der Waals surface area contributed by atoms with E-state index in [2.05, 4.69) is 0 Å². The van der Waals surface area contributed by atoms with Crippen LogP contribution in [-0.2, 0) is 14.6 Å². The summed E-state index contributed by atoms with van der Waals surface area (Å²) in [6.45, 7) is 2.04. The van der Waals surface area contributed by atoms with Crippen molar-refractivity contribution in [3.63, 3.8) is 0 Å². The SMILES string of the molecule is CCS(=O)(=O)c1ccc([C@@H](N)COC)cc1. The van der Waals surface area contributed by atoms with E-state index in [1.807, 2.05) is 0 Å². The van der Waals surface area contributed by atoms with Crippen molar-refractivity contribution in [2.24, 2.45) is 5.73 Å². The first kappa shape index (κ1) is 13.2. The molecule has 16 heavy (non-hydrogen) atoms. The molecule has 90 valence electrons. The molecule has 0 aromatic heterocycles. The Bertz CT molecular complexity index is 425. The summed E-state index contributed by atoms with van der Waals surface area (Å²) in [4.78, 5) is 0.336. The van der Waals surface area contributed by atoms with Crippen LogP contribution in [0.4, 0.5) is 0 Å². The average Bonchev–Trinajstić information content (AvgIpc) is 2.29. The maximum Gasteiger partial charge on any atom is 0.178 e. The zero-order valence-corrected chi connectivity index (χ0v) is 10.3. The fraction of sp³-hybridized carbons (Fsp3) is 0.455. The maximum atomic E-state index is 11.6. The van der Waals surface area contributed by atoms with E-state index in [0.29, 0.717) is 11.5 Å². The highest BCUT2D eigenvalue weighted by molar-refractivity contribution is 7.91. The Balaban J connectivity index is 2.91. The predicted molar refractivity (Wildman–Crippen MR) is 63.0 cm³/mol. The minimum Gasteiger partial charge on any atom is -0.383 e. The van der Waals surface area contributed by atoms with Gasteiger partial charge in [0.15, 0.2) is 9.84 Å².